The minimum absolute atomic E-state index is 0.296. The van der Waals surface area contributed by atoms with E-state index in [0.717, 1.165) is 31.5 Å². The summed E-state index contributed by atoms with van der Waals surface area (Å²) >= 11 is 0. The number of nitrogens with two attached hydrogens (primary N) is 1. The van der Waals surface area contributed by atoms with Crippen molar-refractivity contribution < 1.29 is 9.62 Å². The average Bonchev–Trinajstić information content (AvgIpc) is 2.75. The van der Waals surface area contributed by atoms with Crippen LogP contribution in [0.3, 0.4) is 0 Å². The van der Waals surface area contributed by atoms with Crippen molar-refractivity contribution in [3.8, 4) is 0 Å². The molecular formula is C10H17N3O2. The minimum atomic E-state index is 0.296. The topological polar surface area (TPSA) is 83.8 Å². The summed E-state index contributed by atoms with van der Waals surface area (Å²) in [6, 6.07) is 1.93. The standard InChI is InChI=1S/C10H17N3O2/c11-10(13-14)3-1-2-5-12-7-9-4-6-15-8-9/h4,6,8,12,14H,1-3,5,7H2,(H2,11,13). The fourth-order valence-electron chi connectivity index (χ4n) is 1.23. The predicted molar refractivity (Wildman–Crippen MR) is 57.7 cm³/mol. The molecule has 0 saturated heterocycles. The summed E-state index contributed by atoms with van der Waals surface area (Å²) in [5.74, 6) is 0.296. The number of hydrogen-bond donors (Lipinski definition) is 3. The molecule has 0 spiro atoms. The van der Waals surface area contributed by atoms with Gasteiger partial charge in [0.2, 0.25) is 0 Å². The van der Waals surface area contributed by atoms with E-state index in [2.05, 4.69) is 10.5 Å². The maximum Gasteiger partial charge on any atom is 0.139 e. The highest BCUT2D eigenvalue weighted by molar-refractivity contribution is 5.79. The normalized spacial score (nSPS) is 11.9. The van der Waals surface area contributed by atoms with Crippen LogP contribution in [0.25, 0.3) is 0 Å². The van der Waals surface area contributed by atoms with Crippen LogP contribution in [0.5, 0.6) is 0 Å². The lowest BCUT2D eigenvalue weighted by Gasteiger charge is -2.02. The van der Waals surface area contributed by atoms with Crippen molar-refractivity contribution in [1.82, 2.24) is 5.32 Å². The van der Waals surface area contributed by atoms with Crippen molar-refractivity contribution in [2.75, 3.05) is 6.54 Å². The van der Waals surface area contributed by atoms with Gasteiger partial charge in [0.1, 0.15) is 5.84 Å². The molecule has 1 aromatic rings. The largest absolute Gasteiger partial charge is 0.472 e. The third-order valence-electron chi connectivity index (χ3n) is 2.07. The lowest BCUT2D eigenvalue weighted by Crippen LogP contribution is -2.16. The fourth-order valence-corrected chi connectivity index (χ4v) is 1.23. The van der Waals surface area contributed by atoms with Crippen LogP contribution in [0.4, 0.5) is 0 Å². The van der Waals surface area contributed by atoms with Crippen LogP contribution in [0.2, 0.25) is 0 Å². The molecule has 0 aliphatic heterocycles. The molecule has 0 atom stereocenters. The van der Waals surface area contributed by atoms with Crippen molar-refractivity contribution in [3.05, 3.63) is 24.2 Å². The Morgan fingerprint density at radius 1 is 1.53 bits per heavy atom. The van der Waals surface area contributed by atoms with E-state index in [1.165, 1.54) is 0 Å². The smallest absolute Gasteiger partial charge is 0.139 e. The molecule has 0 bridgehead atoms. The van der Waals surface area contributed by atoms with Gasteiger partial charge in [-0.25, -0.2) is 0 Å². The SMILES string of the molecule is N/C(CCCCNCc1ccoc1)=N/O. The number of furan rings is 1. The summed E-state index contributed by atoms with van der Waals surface area (Å²) < 4.78 is 4.94. The Balaban J connectivity index is 1.94. The quantitative estimate of drug-likeness (QED) is 0.208. The van der Waals surface area contributed by atoms with Gasteiger partial charge < -0.3 is 20.7 Å². The number of unbranched alkanes of at least 4 members (excludes halogenated alkanes) is 1. The highest BCUT2D eigenvalue weighted by Crippen LogP contribution is 1.99. The molecule has 5 nitrogen and oxygen atoms in total. The molecule has 1 rings (SSSR count). The molecule has 0 saturated carbocycles. The molecule has 0 unspecified atom stereocenters. The molecule has 4 N–H and O–H groups in total. The van der Waals surface area contributed by atoms with E-state index in [1.807, 2.05) is 6.07 Å². The van der Waals surface area contributed by atoms with E-state index in [9.17, 15) is 0 Å². The number of amidine groups is 1. The van der Waals surface area contributed by atoms with E-state index >= 15 is 0 Å². The fraction of sp³-hybridized carbons (Fsp3) is 0.500. The maximum absolute atomic E-state index is 8.30. The van der Waals surface area contributed by atoms with E-state index in [0.29, 0.717) is 12.3 Å². The first-order valence-electron chi connectivity index (χ1n) is 5.01. The zero-order valence-electron chi connectivity index (χ0n) is 8.65. The van der Waals surface area contributed by atoms with E-state index < -0.39 is 0 Å². The second-order valence-electron chi connectivity index (χ2n) is 3.36. The first-order valence-corrected chi connectivity index (χ1v) is 5.01. The van der Waals surface area contributed by atoms with Crippen LogP contribution in [-0.2, 0) is 6.54 Å². The van der Waals surface area contributed by atoms with Crippen LogP contribution in [0.15, 0.2) is 28.2 Å². The number of rotatable bonds is 7. The lowest BCUT2D eigenvalue weighted by atomic mass is 10.2. The van der Waals surface area contributed by atoms with E-state index in [-0.39, 0.29) is 0 Å². The summed E-state index contributed by atoms with van der Waals surface area (Å²) in [6.07, 6.45) is 5.96. The predicted octanol–water partition coefficient (Wildman–Crippen LogP) is 1.29. The molecule has 0 amide bonds. The van der Waals surface area contributed by atoms with Gasteiger partial charge in [-0.1, -0.05) is 5.16 Å². The molecule has 0 aliphatic rings. The van der Waals surface area contributed by atoms with Crippen molar-refractivity contribution >= 4 is 5.84 Å². The molecule has 0 fully saturated rings. The number of oxime groups is 1. The minimum Gasteiger partial charge on any atom is -0.472 e. The molecule has 1 aromatic heterocycles. The van der Waals surface area contributed by atoms with Crippen molar-refractivity contribution in [1.29, 1.82) is 0 Å². The van der Waals surface area contributed by atoms with Crippen molar-refractivity contribution in [3.63, 3.8) is 0 Å². The Morgan fingerprint density at radius 3 is 3.07 bits per heavy atom. The first kappa shape index (κ1) is 11.6. The maximum atomic E-state index is 8.30. The average molecular weight is 211 g/mol. The molecule has 15 heavy (non-hydrogen) atoms. The zero-order chi connectivity index (χ0) is 10.9. The van der Waals surface area contributed by atoms with E-state index in [4.69, 9.17) is 15.4 Å². The summed E-state index contributed by atoms with van der Waals surface area (Å²) in [4.78, 5) is 0. The summed E-state index contributed by atoms with van der Waals surface area (Å²) in [5, 5.41) is 14.5. The van der Waals surface area contributed by atoms with Crippen molar-refractivity contribution in [2.24, 2.45) is 10.9 Å². The Kier molecular flexibility index (Phi) is 5.32. The van der Waals surface area contributed by atoms with E-state index in [1.54, 1.807) is 12.5 Å². The Hall–Kier alpha value is -1.49. The molecule has 84 valence electrons. The van der Waals surface area contributed by atoms with Crippen LogP contribution < -0.4 is 11.1 Å². The van der Waals surface area contributed by atoms with Gasteiger partial charge >= 0.3 is 0 Å². The lowest BCUT2D eigenvalue weighted by molar-refractivity contribution is 0.316. The first-order chi connectivity index (χ1) is 7.33. The van der Waals surface area contributed by atoms with Crippen LogP contribution in [0, 0.1) is 0 Å². The highest BCUT2D eigenvalue weighted by atomic mass is 16.4. The van der Waals surface area contributed by atoms with Crippen molar-refractivity contribution in [2.45, 2.75) is 25.8 Å². The van der Waals surface area contributed by atoms with Gasteiger partial charge in [-0.2, -0.15) is 0 Å². The molecule has 0 radical (unpaired) electrons. The van der Waals surface area contributed by atoms with Gasteiger partial charge in [-0.15, -0.1) is 0 Å². The Morgan fingerprint density at radius 2 is 2.40 bits per heavy atom. The third-order valence-corrected chi connectivity index (χ3v) is 2.07. The number of hydrogen-bond acceptors (Lipinski definition) is 4. The van der Waals surface area contributed by atoms with Gasteiger partial charge in [0.25, 0.3) is 0 Å². The number of nitrogens with one attached hydrogen (secondary N) is 1. The third kappa shape index (κ3) is 5.07. The molecular weight excluding hydrogens is 194 g/mol. The van der Waals surface area contributed by atoms with Crippen LogP contribution in [-0.4, -0.2) is 17.6 Å². The van der Waals surface area contributed by atoms with Gasteiger partial charge in [-0.3, -0.25) is 0 Å². The summed E-state index contributed by atoms with van der Waals surface area (Å²) in [7, 11) is 0. The van der Waals surface area contributed by atoms with Gasteiger partial charge in [0.05, 0.1) is 12.5 Å². The second-order valence-corrected chi connectivity index (χ2v) is 3.36. The second kappa shape index (κ2) is 6.89. The van der Waals surface area contributed by atoms with Gasteiger partial charge in [-0.05, 0) is 25.5 Å². The highest BCUT2D eigenvalue weighted by Gasteiger charge is 1.95. The molecule has 1 heterocycles. The molecule has 5 heteroatoms. The summed E-state index contributed by atoms with van der Waals surface area (Å²) in [5.41, 5.74) is 6.48. The van der Waals surface area contributed by atoms with Crippen LogP contribution >= 0.6 is 0 Å². The number of nitrogens with zero attached hydrogens (tertiary/aromatic N) is 1. The molecule has 0 aliphatic carbocycles. The monoisotopic (exact) mass is 211 g/mol. The van der Waals surface area contributed by atoms with Gasteiger partial charge in [0, 0.05) is 18.5 Å². The Bertz CT molecular complexity index is 283. The summed E-state index contributed by atoms with van der Waals surface area (Å²) in [6.45, 7) is 1.74. The molecule has 0 aromatic carbocycles. The van der Waals surface area contributed by atoms with Gasteiger partial charge in [0.15, 0.2) is 0 Å². The zero-order valence-corrected chi connectivity index (χ0v) is 8.65. The van der Waals surface area contributed by atoms with Crippen LogP contribution in [0.1, 0.15) is 24.8 Å². The Labute approximate surface area is 88.9 Å².